The van der Waals surface area contributed by atoms with Gasteiger partial charge in [-0.3, -0.25) is 4.57 Å². The number of hydrogen-bond donors (Lipinski definition) is 0. The summed E-state index contributed by atoms with van der Waals surface area (Å²) < 4.78 is 9.84. The summed E-state index contributed by atoms with van der Waals surface area (Å²) in [6, 6.07) is 61.5. The molecule has 0 amide bonds. The van der Waals surface area contributed by atoms with Crippen molar-refractivity contribution in [3.63, 3.8) is 0 Å². The van der Waals surface area contributed by atoms with Crippen molar-refractivity contribution in [3.8, 4) is 22.9 Å². The van der Waals surface area contributed by atoms with E-state index in [9.17, 15) is 0 Å². The van der Waals surface area contributed by atoms with Gasteiger partial charge in [0.05, 0.1) is 27.6 Å². The second-order valence-electron chi connectivity index (χ2n) is 14.5. The Morgan fingerprint density at radius 1 is 0.393 bits per heavy atom. The summed E-state index contributed by atoms with van der Waals surface area (Å²) in [6.45, 7) is 0. The van der Waals surface area contributed by atoms with E-state index in [1.165, 1.54) is 84.1 Å². The molecule has 5 aromatic heterocycles. The standard InChI is InChI=1S/C50H28N4S2/c1-2-13-29(14-3-1)53-40-22-9-6-16-31(40)37-27-38-45(28-42(37)53)55-44-26-25-33-30-15-5-10-23-41(30)54(47(33)46(38)44)50-35-18-4-8-21-39(35)51-49(52-50)36-20-12-19-34-32-17-7-11-24-43(32)56-48(34)36/h1-28H. The van der Waals surface area contributed by atoms with Crippen molar-refractivity contribution in [1.82, 2.24) is 19.1 Å². The average Bonchev–Trinajstić information content (AvgIpc) is 4.00. The molecule has 0 fully saturated rings. The van der Waals surface area contributed by atoms with Gasteiger partial charge in [0.25, 0.3) is 0 Å². The van der Waals surface area contributed by atoms with Crippen molar-refractivity contribution in [1.29, 1.82) is 0 Å². The predicted octanol–water partition coefficient (Wildman–Crippen LogP) is 14.2. The Balaban J connectivity index is 1.16. The van der Waals surface area contributed by atoms with Gasteiger partial charge in [0.15, 0.2) is 5.82 Å². The summed E-state index contributed by atoms with van der Waals surface area (Å²) >= 11 is 3.68. The molecule has 0 N–H and O–H groups in total. The number of fused-ring (bicyclic) bond motifs is 14. The third kappa shape index (κ3) is 4.12. The lowest BCUT2D eigenvalue weighted by Gasteiger charge is -2.13. The summed E-state index contributed by atoms with van der Waals surface area (Å²) in [4.78, 5) is 10.9. The highest BCUT2D eigenvalue weighted by molar-refractivity contribution is 7.26. The fourth-order valence-electron chi connectivity index (χ4n) is 9.13. The molecule has 6 heteroatoms. The zero-order valence-electron chi connectivity index (χ0n) is 29.8. The molecule has 0 aliphatic heterocycles. The third-order valence-electron chi connectivity index (χ3n) is 11.5. The Hall–Kier alpha value is -6.86. The Morgan fingerprint density at radius 2 is 1.09 bits per heavy atom. The van der Waals surface area contributed by atoms with Crippen LogP contribution in [0.5, 0.6) is 0 Å². The minimum Gasteiger partial charge on any atom is -0.309 e. The van der Waals surface area contributed by atoms with Gasteiger partial charge in [0.1, 0.15) is 5.82 Å². The van der Waals surface area contributed by atoms with Gasteiger partial charge in [-0.2, -0.15) is 0 Å². The van der Waals surface area contributed by atoms with Gasteiger partial charge in [-0.25, -0.2) is 9.97 Å². The van der Waals surface area contributed by atoms with Crippen molar-refractivity contribution in [2.24, 2.45) is 0 Å². The highest BCUT2D eigenvalue weighted by Gasteiger charge is 2.23. The molecule has 0 radical (unpaired) electrons. The molecule has 0 spiro atoms. The molecule has 260 valence electrons. The molecular formula is C50H28N4S2. The number of para-hydroxylation sites is 4. The summed E-state index contributed by atoms with van der Waals surface area (Å²) in [6.07, 6.45) is 0. The molecule has 0 atom stereocenters. The number of thiophene rings is 2. The molecule has 56 heavy (non-hydrogen) atoms. The SMILES string of the molecule is c1ccc(-n2c3ccccc3c3cc4c(cc32)sc2ccc3c5ccccc5n(-c5nc(-c6cccc7c6sc6ccccc67)nc6ccccc56)c3c24)cc1. The molecule has 13 aromatic rings. The average molecular weight is 749 g/mol. The molecular weight excluding hydrogens is 721 g/mol. The highest BCUT2D eigenvalue weighted by atomic mass is 32.1. The predicted molar refractivity (Wildman–Crippen MR) is 239 cm³/mol. The third-order valence-corrected chi connectivity index (χ3v) is 13.9. The maximum Gasteiger partial charge on any atom is 0.163 e. The van der Waals surface area contributed by atoms with Crippen LogP contribution in [0, 0.1) is 0 Å². The van der Waals surface area contributed by atoms with E-state index >= 15 is 0 Å². The maximum absolute atomic E-state index is 5.59. The van der Waals surface area contributed by atoms with Gasteiger partial charge >= 0.3 is 0 Å². The van der Waals surface area contributed by atoms with Gasteiger partial charge < -0.3 is 4.57 Å². The molecule has 4 nitrogen and oxygen atoms in total. The van der Waals surface area contributed by atoms with E-state index in [4.69, 9.17) is 9.97 Å². The molecule has 0 aliphatic rings. The van der Waals surface area contributed by atoms with Crippen LogP contribution < -0.4 is 0 Å². The van der Waals surface area contributed by atoms with Gasteiger partial charge in [-0.15, -0.1) is 22.7 Å². The summed E-state index contributed by atoms with van der Waals surface area (Å²) in [5, 5.41) is 11.0. The van der Waals surface area contributed by atoms with Crippen molar-refractivity contribution >= 4 is 118 Å². The smallest absolute Gasteiger partial charge is 0.163 e. The van der Waals surface area contributed by atoms with Crippen molar-refractivity contribution in [2.45, 2.75) is 0 Å². The van der Waals surface area contributed by atoms with Crippen LogP contribution in [0.25, 0.3) is 118 Å². The van der Waals surface area contributed by atoms with E-state index in [0.29, 0.717) is 0 Å². The largest absolute Gasteiger partial charge is 0.309 e. The zero-order chi connectivity index (χ0) is 36.5. The minimum absolute atomic E-state index is 0.736. The Bertz CT molecular complexity index is 3770. The van der Waals surface area contributed by atoms with Gasteiger partial charge in [-0.1, -0.05) is 103 Å². The van der Waals surface area contributed by atoms with E-state index in [2.05, 4.69) is 179 Å². The molecule has 0 saturated carbocycles. The topological polar surface area (TPSA) is 35.6 Å². The molecule has 8 aromatic carbocycles. The Morgan fingerprint density at radius 3 is 1.95 bits per heavy atom. The molecule has 0 bridgehead atoms. The summed E-state index contributed by atoms with van der Waals surface area (Å²) in [5.74, 6) is 1.63. The van der Waals surface area contributed by atoms with Crippen molar-refractivity contribution < 1.29 is 0 Å². The second kappa shape index (κ2) is 11.3. The first-order valence-electron chi connectivity index (χ1n) is 18.8. The number of rotatable bonds is 3. The summed E-state index contributed by atoms with van der Waals surface area (Å²) in [5.41, 5.74) is 7.88. The highest BCUT2D eigenvalue weighted by Crippen LogP contribution is 2.47. The van der Waals surface area contributed by atoms with Gasteiger partial charge in [-0.05, 0) is 66.7 Å². The fourth-order valence-corrected chi connectivity index (χ4v) is 11.5. The molecule has 5 heterocycles. The van der Waals surface area contributed by atoms with E-state index in [1.807, 2.05) is 22.7 Å². The van der Waals surface area contributed by atoms with E-state index in [-0.39, 0.29) is 0 Å². The first-order chi connectivity index (χ1) is 27.8. The van der Waals surface area contributed by atoms with Crippen LogP contribution in [0.4, 0.5) is 0 Å². The number of hydrogen-bond acceptors (Lipinski definition) is 4. The van der Waals surface area contributed by atoms with Crippen molar-refractivity contribution in [2.75, 3.05) is 0 Å². The first kappa shape index (κ1) is 30.5. The normalized spacial score (nSPS) is 12.3. The first-order valence-corrected chi connectivity index (χ1v) is 20.5. The van der Waals surface area contributed by atoms with Gasteiger partial charge in [0.2, 0.25) is 0 Å². The summed E-state index contributed by atoms with van der Waals surface area (Å²) in [7, 11) is 0. The Labute approximate surface area is 327 Å². The van der Waals surface area contributed by atoms with E-state index in [1.54, 1.807) is 0 Å². The molecule has 13 rings (SSSR count). The van der Waals surface area contributed by atoms with Crippen molar-refractivity contribution in [3.05, 3.63) is 170 Å². The molecule has 0 aliphatic carbocycles. The van der Waals surface area contributed by atoms with Crippen LogP contribution >= 0.6 is 22.7 Å². The van der Waals surface area contributed by atoms with E-state index in [0.717, 1.165) is 33.6 Å². The number of benzene rings is 8. The lowest BCUT2D eigenvalue weighted by Crippen LogP contribution is -2.03. The molecule has 0 unspecified atom stereocenters. The second-order valence-corrected chi connectivity index (χ2v) is 16.6. The maximum atomic E-state index is 5.59. The Kier molecular flexibility index (Phi) is 6.17. The zero-order valence-corrected chi connectivity index (χ0v) is 31.4. The number of nitrogens with zero attached hydrogens (tertiary/aromatic N) is 4. The van der Waals surface area contributed by atoms with E-state index < -0.39 is 0 Å². The van der Waals surface area contributed by atoms with Crippen LogP contribution in [0.3, 0.4) is 0 Å². The van der Waals surface area contributed by atoms with Crippen LogP contribution in [0.1, 0.15) is 0 Å². The minimum atomic E-state index is 0.736. The lowest BCUT2D eigenvalue weighted by molar-refractivity contribution is 1.08. The quantitative estimate of drug-likeness (QED) is 0.180. The van der Waals surface area contributed by atoms with Crippen LogP contribution in [0.2, 0.25) is 0 Å². The molecule has 0 saturated heterocycles. The van der Waals surface area contributed by atoms with Crippen LogP contribution in [0.15, 0.2) is 170 Å². The monoisotopic (exact) mass is 748 g/mol. The lowest BCUT2D eigenvalue weighted by atomic mass is 10.1. The van der Waals surface area contributed by atoms with Crippen LogP contribution in [-0.2, 0) is 0 Å². The number of aromatic nitrogens is 4. The van der Waals surface area contributed by atoms with Crippen LogP contribution in [-0.4, -0.2) is 19.1 Å². The fraction of sp³-hybridized carbons (Fsp3) is 0. The van der Waals surface area contributed by atoms with Gasteiger partial charge in [0, 0.05) is 78.5 Å².